The first kappa shape index (κ1) is 19.9. The highest BCUT2D eigenvalue weighted by molar-refractivity contribution is 5.85. The first-order chi connectivity index (χ1) is 13.6. The van der Waals surface area contributed by atoms with Crippen LogP contribution in [0.3, 0.4) is 0 Å². The number of carboxylic acid groups (broad SMARTS) is 1. The molecule has 0 bridgehead atoms. The minimum absolute atomic E-state index is 0.00209. The number of benzene rings is 2. The summed E-state index contributed by atoms with van der Waals surface area (Å²) in [6, 6.07) is 16.7. The molecule has 0 aliphatic heterocycles. The highest BCUT2D eigenvalue weighted by atomic mass is 16.5. The normalized spacial score (nSPS) is 16.7. The van der Waals surface area contributed by atoms with Crippen molar-refractivity contribution in [1.29, 1.82) is 0 Å². The molecule has 0 fully saturated rings. The number of nitrogens with zero attached hydrogens (tertiary/aromatic N) is 1. The quantitative estimate of drug-likeness (QED) is 0.769. The van der Waals surface area contributed by atoms with Gasteiger partial charge in [-0.3, -0.25) is 9.69 Å². The molecule has 0 heterocycles. The predicted octanol–water partition coefficient (Wildman–Crippen LogP) is 3.38. The number of rotatable bonds is 7. The summed E-state index contributed by atoms with van der Waals surface area (Å²) in [6.45, 7) is 0.322. The number of fused-ring (bicyclic) bond motifs is 1. The number of hydrogen-bond donors (Lipinski definition) is 2. The molecule has 6 nitrogen and oxygen atoms in total. The minimum atomic E-state index is -1.16. The molecule has 6 heteroatoms. The molecule has 2 amide bonds. The summed E-state index contributed by atoms with van der Waals surface area (Å²) in [5.41, 5.74) is 3.33. The third kappa shape index (κ3) is 4.89. The van der Waals surface area contributed by atoms with E-state index in [2.05, 4.69) is 11.4 Å². The summed E-state index contributed by atoms with van der Waals surface area (Å²) < 4.78 is 5.67. The maximum atomic E-state index is 12.9. The van der Waals surface area contributed by atoms with Crippen LogP contribution < -0.4 is 5.32 Å². The van der Waals surface area contributed by atoms with Crippen molar-refractivity contribution < 1.29 is 19.4 Å². The molecule has 3 rings (SSSR count). The molecule has 1 aliphatic carbocycles. The van der Waals surface area contributed by atoms with Crippen LogP contribution in [0.2, 0.25) is 0 Å². The van der Waals surface area contributed by atoms with E-state index in [1.807, 2.05) is 48.5 Å². The Kier molecular flexibility index (Phi) is 6.66. The predicted molar refractivity (Wildman–Crippen MR) is 106 cm³/mol. The third-order valence-corrected chi connectivity index (χ3v) is 5.15. The van der Waals surface area contributed by atoms with Crippen LogP contribution in [0.1, 0.15) is 35.6 Å². The number of nitrogens with one attached hydrogen (secondary N) is 1. The molecule has 2 atom stereocenters. The largest absolute Gasteiger partial charge is 0.465 e. The third-order valence-electron chi connectivity index (χ3n) is 5.15. The molecule has 28 heavy (non-hydrogen) atoms. The molecule has 0 spiro atoms. The molecular formula is C22H26N2O4. The van der Waals surface area contributed by atoms with Crippen LogP contribution in [0.25, 0.3) is 0 Å². The summed E-state index contributed by atoms with van der Waals surface area (Å²) >= 11 is 0. The van der Waals surface area contributed by atoms with E-state index in [0.717, 1.165) is 35.3 Å². The zero-order valence-electron chi connectivity index (χ0n) is 16.0. The van der Waals surface area contributed by atoms with Gasteiger partial charge >= 0.3 is 6.09 Å². The lowest BCUT2D eigenvalue weighted by molar-refractivity contribution is -0.128. The van der Waals surface area contributed by atoms with Crippen LogP contribution in [-0.2, 0) is 22.6 Å². The molecule has 0 saturated heterocycles. The van der Waals surface area contributed by atoms with Crippen LogP contribution in [-0.4, -0.2) is 41.7 Å². The van der Waals surface area contributed by atoms with Crippen LogP contribution in [0.15, 0.2) is 54.6 Å². The molecule has 1 aliphatic rings. The maximum Gasteiger partial charge on any atom is 0.407 e. The van der Waals surface area contributed by atoms with Gasteiger partial charge in [0, 0.05) is 7.05 Å². The lowest BCUT2D eigenvalue weighted by Crippen LogP contribution is -2.50. The molecule has 0 saturated carbocycles. The standard InChI is InChI=1S/C22H26N2O4/c1-24(22(26)27)20(15-28-14-16-8-3-2-4-9-16)21(25)23-19-13-7-11-17-10-5-6-12-18(17)19/h2-6,8-10,12,19-20H,7,11,13-15H2,1H3,(H,23,25)(H,26,27). The number of aryl methyl sites for hydroxylation is 1. The maximum absolute atomic E-state index is 12.9. The van der Waals surface area contributed by atoms with Gasteiger partial charge in [-0.05, 0) is 36.0 Å². The van der Waals surface area contributed by atoms with Crippen molar-refractivity contribution in [2.75, 3.05) is 13.7 Å². The topological polar surface area (TPSA) is 78.9 Å². The van der Waals surface area contributed by atoms with Crippen molar-refractivity contribution in [2.24, 2.45) is 0 Å². The summed E-state index contributed by atoms with van der Waals surface area (Å²) in [5, 5.41) is 12.4. The van der Waals surface area contributed by atoms with E-state index in [9.17, 15) is 14.7 Å². The van der Waals surface area contributed by atoms with Gasteiger partial charge in [0.2, 0.25) is 5.91 Å². The van der Waals surface area contributed by atoms with E-state index >= 15 is 0 Å². The van der Waals surface area contributed by atoms with Crippen molar-refractivity contribution in [3.05, 3.63) is 71.3 Å². The second-order valence-corrected chi connectivity index (χ2v) is 7.06. The Hall–Kier alpha value is -2.86. The summed E-state index contributed by atoms with van der Waals surface area (Å²) in [4.78, 5) is 25.4. The summed E-state index contributed by atoms with van der Waals surface area (Å²) in [5.74, 6) is -0.334. The number of amides is 2. The van der Waals surface area contributed by atoms with E-state index < -0.39 is 12.1 Å². The van der Waals surface area contributed by atoms with Gasteiger partial charge in [-0.2, -0.15) is 0 Å². The number of likely N-dealkylation sites (N-methyl/N-ethyl adjacent to an activating group) is 1. The van der Waals surface area contributed by atoms with E-state index in [1.165, 1.54) is 12.6 Å². The Bertz CT molecular complexity index is 809. The van der Waals surface area contributed by atoms with Crippen molar-refractivity contribution in [2.45, 2.75) is 38.0 Å². The average Bonchev–Trinajstić information content (AvgIpc) is 2.71. The fraction of sp³-hybridized carbons (Fsp3) is 0.364. The average molecular weight is 382 g/mol. The van der Waals surface area contributed by atoms with Crippen molar-refractivity contribution in [1.82, 2.24) is 10.2 Å². The molecule has 2 aromatic rings. The Morgan fingerprint density at radius 2 is 1.89 bits per heavy atom. The van der Waals surface area contributed by atoms with Crippen LogP contribution in [0.5, 0.6) is 0 Å². The van der Waals surface area contributed by atoms with Gasteiger partial charge in [-0.25, -0.2) is 4.79 Å². The second kappa shape index (κ2) is 9.37. The number of ether oxygens (including phenoxy) is 1. The molecule has 2 N–H and O–H groups in total. The minimum Gasteiger partial charge on any atom is -0.465 e. The zero-order chi connectivity index (χ0) is 19.9. The highest BCUT2D eigenvalue weighted by Crippen LogP contribution is 2.29. The zero-order valence-corrected chi connectivity index (χ0v) is 16.0. The van der Waals surface area contributed by atoms with Crippen molar-refractivity contribution in [3.63, 3.8) is 0 Å². The molecule has 0 aromatic heterocycles. The van der Waals surface area contributed by atoms with Crippen LogP contribution >= 0.6 is 0 Å². The molecule has 2 unspecified atom stereocenters. The van der Waals surface area contributed by atoms with Crippen LogP contribution in [0.4, 0.5) is 4.79 Å². The van der Waals surface area contributed by atoms with E-state index in [4.69, 9.17) is 4.74 Å². The second-order valence-electron chi connectivity index (χ2n) is 7.06. The lowest BCUT2D eigenvalue weighted by Gasteiger charge is -2.30. The number of hydrogen-bond acceptors (Lipinski definition) is 3. The van der Waals surface area contributed by atoms with E-state index in [-0.39, 0.29) is 18.6 Å². The van der Waals surface area contributed by atoms with E-state index in [0.29, 0.717) is 6.61 Å². The van der Waals surface area contributed by atoms with Gasteiger partial charge < -0.3 is 15.2 Å². The fourth-order valence-electron chi connectivity index (χ4n) is 3.53. The smallest absolute Gasteiger partial charge is 0.407 e. The first-order valence-electron chi connectivity index (χ1n) is 9.52. The van der Waals surface area contributed by atoms with Gasteiger partial charge in [0.1, 0.15) is 6.04 Å². The lowest BCUT2D eigenvalue weighted by atomic mass is 9.87. The number of carbonyl (C=O) groups excluding carboxylic acids is 1. The molecular weight excluding hydrogens is 356 g/mol. The molecule has 2 aromatic carbocycles. The SMILES string of the molecule is CN(C(=O)O)C(COCc1ccccc1)C(=O)NC1CCCc2ccccc21. The van der Waals surface area contributed by atoms with Crippen molar-refractivity contribution >= 4 is 12.0 Å². The monoisotopic (exact) mass is 382 g/mol. The van der Waals surface area contributed by atoms with Gasteiger partial charge in [0.05, 0.1) is 19.3 Å². The summed E-state index contributed by atoms with van der Waals surface area (Å²) in [7, 11) is 1.40. The first-order valence-corrected chi connectivity index (χ1v) is 9.52. The van der Waals surface area contributed by atoms with Crippen molar-refractivity contribution in [3.8, 4) is 0 Å². The number of carbonyl (C=O) groups is 2. The Morgan fingerprint density at radius 3 is 2.64 bits per heavy atom. The van der Waals surface area contributed by atoms with Gasteiger partial charge in [-0.1, -0.05) is 54.6 Å². The fourth-order valence-corrected chi connectivity index (χ4v) is 3.53. The van der Waals surface area contributed by atoms with E-state index in [1.54, 1.807) is 0 Å². The molecule has 148 valence electrons. The van der Waals surface area contributed by atoms with Gasteiger partial charge in [0.15, 0.2) is 0 Å². The Morgan fingerprint density at radius 1 is 1.18 bits per heavy atom. The van der Waals surface area contributed by atoms with Gasteiger partial charge in [0.25, 0.3) is 0 Å². The van der Waals surface area contributed by atoms with Gasteiger partial charge in [-0.15, -0.1) is 0 Å². The Labute approximate surface area is 165 Å². The van der Waals surface area contributed by atoms with Crippen LogP contribution in [0, 0.1) is 0 Å². The Balaban J connectivity index is 1.66. The summed E-state index contributed by atoms with van der Waals surface area (Å²) in [6.07, 6.45) is 1.68. The molecule has 0 radical (unpaired) electrons. The highest BCUT2D eigenvalue weighted by Gasteiger charge is 2.30.